The molecule has 0 spiro atoms. The van der Waals surface area contributed by atoms with E-state index in [9.17, 15) is 19.5 Å². The predicted molar refractivity (Wildman–Crippen MR) is 68.4 cm³/mol. The van der Waals surface area contributed by atoms with E-state index >= 15 is 0 Å². The van der Waals surface area contributed by atoms with Crippen molar-refractivity contribution < 1.29 is 24.6 Å². The van der Waals surface area contributed by atoms with Gasteiger partial charge in [0.25, 0.3) is 0 Å². The van der Waals surface area contributed by atoms with Gasteiger partial charge in [0.15, 0.2) is 6.04 Å². The zero-order valence-corrected chi connectivity index (χ0v) is 11.3. The normalized spacial score (nSPS) is 13.4. The van der Waals surface area contributed by atoms with Crippen LogP contribution >= 0.6 is 0 Å². The average molecular weight is 274 g/mol. The summed E-state index contributed by atoms with van der Waals surface area (Å²) in [7, 11) is 0. The van der Waals surface area contributed by atoms with Crippen LogP contribution in [0.1, 0.15) is 39.5 Å². The van der Waals surface area contributed by atoms with E-state index in [0.717, 1.165) is 12.8 Å². The third-order valence-electron chi connectivity index (χ3n) is 2.52. The van der Waals surface area contributed by atoms with Crippen LogP contribution in [-0.4, -0.2) is 46.7 Å². The molecule has 0 aromatic rings. The molecular formula is C12H22N2O5. The number of aliphatic carboxylic acids is 1. The smallest absolute Gasteiger partial charge is 0.328 e. The van der Waals surface area contributed by atoms with Gasteiger partial charge < -0.3 is 20.8 Å². The molecule has 0 saturated carbocycles. The van der Waals surface area contributed by atoms with Gasteiger partial charge in [-0.1, -0.05) is 6.42 Å². The van der Waals surface area contributed by atoms with Crippen LogP contribution in [0.2, 0.25) is 0 Å². The molecule has 2 atom stereocenters. The first kappa shape index (κ1) is 17.4. The van der Waals surface area contributed by atoms with Gasteiger partial charge in [-0.15, -0.1) is 0 Å². The summed E-state index contributed by atoms with van der Waals surface area (Å²) >= 11 is 0. The Bertz CT molecular complexity index is 317. The van der Waals surface area contributed by atoms with Gasteiger partial charge in [-0.05, 0) is 19.8 Å². The molecule has 0 fully saturated rings. The number of carbonyl (C=O) groups excluding carboxylic acids is 2. The van der Waals surface area contributed by atoms with E-state index in [1.807, 2.05) is 0 Å². The number of hydrogen-bond donors (Lipinski definition) is 4. The third kappa shape index (κ3) is 9.01. The fourth-order valence-electron chi connectivity index (χ4n) is 1.49. The number of amides is 2. The number of hydrogen-bond acceptors (Lipinski definition) is 4. The van der Waals surface area contributed by atoms with Crippen LogP contribution in [0, 0.1) is 0 Å². The standard InChI is InChI=1S/C12H22N2O5/c1-8(15)11(12(18)19)14-10(17)6-4-3-5-7-13-9(2)16/h8,11,15H,3-7H2,1-2H3,(H,13,16)(H,14,17)(H,18,19)/t8-,11+/m1/s1. The SMILES string of the molecule is CC(=O)NCCCCCC(=O)N[C@H](C(=O)O)[C@@H](C)O. The molecule has 0 rings (SSSR count). The molecule has 0 radical (unpaired) electrons. The molecular weight excluding hydrogens is 252 g/mol. The fourth-order valence-corrected chi connectivity index (χ4v) is 1.49. The van der Waals surface area contributed by atoms with Crippen molar-refractivity contribution in [2.45, 2.75) is 51.7 Å². The van der Waals surface area contributed by atoms with Crippen molar-refractivity contribution in [2.24, 2.45) is 0 Å². The summed E-state index contributed by atoms with van der Waals surface area (Å²) in [4.78, 5) is 32.8. The maximum absolute atomic E-state index is 11.4. The molecule has 0 heterocycles. The summed E-state index contributed by atoms with van der Waals surface area (Å²) in [5.74, 6) is -1.74. The van der Waals surface area contributed by atoms with E-state index in [1.54, 1.807) is 0 Å². The van der Waals surface area contributed by atoms with Gasteiger partial charge in [0, 0.05) is 19.9 Å². The van der Waals surface area contributed by atoms with E-state index in [1.165, 1.54) is 13.8 Å². The largest absolute Gasteiger partial charge is 0.480 e. The first-order valence-electron chi connectivity index (χ1n) is 6.29. The van der Waals surface area contributed by atoms with Crippen molar-refractivity contribution in [3.8, 4) is 0 Å². The summed E-state index contributed by atoms with van der Waals surface area (Å²) in [5, 5.41) is 22.9. The fraction of sp³-hybridized carbons (Fsp3) is 0.750. The minimum absolute atomic E-state index is 0.0843. The highest BCUT2D eigenvalue weighted by Gasteiger charge is 2.24. The monoisotopic (exact) mass is 274 g/mol. The Hall–Kier alpha value is -1.63. The number of carboxylic acids is 1. The van der Waals surface area contributed by atoms with E-state index in [0.29, 0.717) is 13.0 Å². The van der Waals surface area contributed by atoms with Crippen LogP contribution in [0.3, 0.4) is 0 Å². The van der Waals surface area contributed by atoms with Crippen molar-refractivity contribution >= 4 is 17.8 Å². The van der Waals surface area contributed by atoms with E-state index in [-0.39, 0.29) is 12.3 Å². The minimum atomic E-state index is -1.27. The van der Waals surface area contributed by atoms with Crippen molar-refractivity contribution in [3.63, 3.8) is 0 Å². The first-order valence-corrected chi connectivity index (χ1v) is 6.29. The molecule has 2 amide bonds. The third-order valence-corrected chi connectivity index (χ3v) is 2.52. The highest BCUT2D eigenvalue weighted by Crippen LogP contribution is 2.01. The molecule has 0 aliphatic carbocycles. The summed E-state index contributed by atoms with van der Waals surface area (Å²) < 4.78 is 0. The van der Waals surface area contributed by atoms with Gasteiger partial charge in [-0.25, -0.2) is 4.79 Å². The second-order valence-corrected chi connectivity index (χ2v) is 4.42. The van der Waals surface area contributed by atoms with Crippen LogP contribution < -0.4 is 10.6 Å². The Labute approximate surface area is 112 Å². The molecule has 110 valence electrons. The molecule has 0 bridgehead atoms. The summed E-state index contributed by atoms with van der Waals surface area (Å²) in [5.41, 5.74) is 0. The van der Waals surface area contributed by atoms with Gasteiger partial charge in [0.1, 0.15) is 0 Å². The van der Waals surface area contributed by atoms with Crippen molar-refractivity contribution in [1.82, 2.24) is 10.6 Å². The maximum atomic E-state index is 11.4. The molecule has 0 aliphatic heterocycles. The van der Waals surface area contributed by atoms with Gasteiger partial charge in [0.05, 0.1) is 6.10 Å². The van der Waals surface area contributed by atoms with Crippen LogP contribution in [0.15, 0.2) is 0 Å². The van der Waals surface area contributed by atoms with Gasteiger partial charge >= 0.3 is 5.97 Å². The number of rotatable bonds is 9. The van der Waals surface area contributed by atoms with Crippen LogP contribution in [0.5, 0.6) is 0 Å². The lowest BCUT2D eigenvalue weighted by Gasteiger charge is -2.16. The number of carboxylic acid groups (broad SMARTS) is 1. The molecule has 7 nitrogen and oxygen atoms in total. The first-order chi connectivity index (χ1) is 8.84. The maximum Gasteiger partial charge on any atom is 0.328 e. The molecule has 0 aromatic carbocycles. The Morgan fingerprint density at radius 3 is 2.26 bits per heavy atom. The molecule has 19 heavy (non-hydrogen) atoms. The van der Waals surface area contributed by atoms with Crippen molar-refractivity contribution in [1.29, 1.82) is 0 Å². The van der Waals surface area contributed by atoms with Gasteiger partial charge in [0.2, 0.25) is 11.8 Å². The lowest BCUT2D eigenvalue weighted by molar-refractivity contribution is -0.144. The molecule has 0 aromatic heterocycles. The zero-order valence-electron chi connectivity index (χ0n) is 11.3. The van der Waals surface area contributed by atoms with Gasteiger partial charge in [-0.2, -0.15) is 0 Å². The number of unbranched alkanes of at least 4 members (excludes halogenated alkanes) is 2. The van der Waals surface area contributed by atoms with Gasteiger partial charge in [-0.3, -0.25) is 9.59 Å². The highest BCUT2D eigenvalue weighted by molar-refractivity contribution is 5.83. The molecule has 7 heteroatoms. The van der Waals surface area contributed by atoms with E-state index < -0.39 is 24.0 Å². The Kier molecular flexibility index (Phi) is 8.52. The van der Waals surface area contributed by atoms with E-state index in [4.69, 9.17) is 5.11 Å². The zero-order chi connectivity index (χ0) is 14.8. The molecule has 0 aliphatic rings. The topological polar surface area (TPSA) is 116 Å². The second kappa shape index (κ2) is 9.32. The Morgan fingerprint density at radius 1 is 1.16 bits per heavy atom. The summed E-state index contributed by atoms with van der Waals surface area (Å²) in [6, 6.07) is -1.27. The van der Waals surface area contributed by atoms with Crippen LogP contribution in [0.25, 0.3) is 0 Å². The quantitative estimate of drug-likeness (QED) is 0.428. The lowest BCUT2D eigenvalue weighted by Crippen LogP contribution is -2.47. The summed E-state index contributed by atoms with van der Waals surface area (Å²) in [6.45, 7) is 3.32. The Balaban J connectivity index is 3.74. The average Bonchev–Trinajstić information content (AvgIpc) is 2.29. The van der Waals surface area contributed by atoms with Crippen molar-refractivity contribution in [2.75, 3.05) is 6.54 Å². The molecule has 0 unspecified atom stereocenters. The summed E-state index contributed by atoms with van der Waals surface area (Å²) in [6.07, 6.45) is 1.21. The predicted octanol–water partition coefficient (Wildman–Crippen LogP) is -0.367. The van der Waals surface area contributed by atoms with Crippen LogP contribution in [-0.2, 0) is 14.4 Å². The highest BCUT2D eigenvalue weighted by atomic mass is 16.4. The number of nitrogens with one attached hydrogen (secondary N) is 2. The van der Waals surface area contributed by atoms with Crippen LogP contribution in [0.4, 0.5) is 0 Å². The number of aliphatic hydroxyl groups excluding tert-OH is 1. The Morgan fingerprint density at radius 2 is 1.79 bits per heavy atom. The molecule has 4 N–H and O–H groups in total. The second-order valence-electron chi connectivity index (χ2n) is 4.42. The number of aliphatic hydroxyl groups is 1. The van der Waals surface area contributed by atoms with Crippen molar-refractivity contribution in [3.05, 3.63) is 0 Å². The van der Waals surface area contributed by atoms with E-state index in [2.05, 4.69) is 10.6 Å². The minimum Gasteiger partial charge on any atom is -0.480 e. The lowest BCUT2D eigenvalue weighted by atomic mass is 10.1. The number of carbonyl (C=O) groups is 3. The molecule has 0 saturated heterocycles.